The third-order valence-corrected chi connectivity index (χ3v) is 5.68. The molecule has 114 valence electrons. The van der Waals surface area contributed by atoms with Gasteiger partial charge in [0.15, 0.2) is 0 Å². The normalized spacial score (nSPS) is 32.0. The minimum Gasteiger partial charge on any atom is -0.353 e. The molecule has 3 nitrogen and oxygen atoms in total. The fourth-order valence-corrected chi connectivity index (χ4v) is 4.25. The van der Waals surface area contributed by atoms with Crippen LogP contribution in [0.2, 0.25) is 0 Å². The van der Waals surface area contributed by atoms with E-state index < -0.39 is 0 Å². The summed E-state index contributed by atoms with van der Waals surface area (Å²) in [4.78, 5) is 12.0. The zero-order valence-corrected chi connectivity index (χ0v) is 12.7. The number of carbonyl (C=O) groups is 1. The highest BCUT2D eigenvalue weighted by molar-refractivity contribution is 5.76. The SMILES string of the molecule is O=C(CCC1CCNCC1)NC1CC1C1CCCCC1. The lowest BCUT2D eigenvalue weighted by Crippen LogP contribution is -2.31. The van der Waals surface area contributed by atoms with Gasteiger partial charge in [0.25, 0.3) is 0 Å². The average Bonchev–Trinajstić information content (AvgIpc) is 3.26. The van der Waals surface area contributed by atoms with E-state index in [4.69, 9.17) is 0 Å². The molecule has 2 N–H and O–H groups in total. The standard InChI is InChI=1S/C17H30N2O/c20-17(7-6-13-8-10-18-11-9-13)19-16-12-15(16)14-4-2-1-3-5-14/h13-16,18H,1-12H2,(H,19,20). The van der Waals surface area contributed by atoms with Crippen LogP contribution in [0.4, 0.5) is 0 Å². The van der Waals surface area contributed by atoms with E-state index in [2.05, 4.69) is 10.6 Å². The largest absolute Gasteiger partial charge is 0.353 e. The topological polar surface area (TPSA) is 41.1 Å². The summed E-state index contributed by atoms with van der Waals surface area (Å²) in [6.07, 6.45) is 12.7. The van der Waals surface area contributed by atoms with Gasteiger partial charge in [-0.1, -0.05) is 32.1 Å². The van der Waals surface area contributed by atoms with Gasteiger partial charge in [-0.25, -0.2) is 0 Å². The molecular formula is C17H30N2O. The predicted molar refractivity (Wildman–Crippen MR) is 81.4 cm³/mol. The van der Waals surface area contributed by atoms with Gasteiger partial charge in [-0.05, 0) is 56.5 Å². The number of carbonyl (C=O) groups excluding carboxylic acids is 1. The van der Waals surface area contributed by atoms with E-state index >= 15 is 0 Å². The van der Waals surface area contributed by atoms with Gasteiger partial charge in [0, 0.05) is 12.5 Å². The second-order valence-corrected chi connectivity index (χ2v) is 7.20. The summed E-state index contributed by atoms with van der Waals surface area (Å²) in [5.41, 5.74) is 0. The van der Waals surface area contributed by atoms with E-state index in [1.165, 1.54) is 51.4 Å². The molecule has 20 heavy (non-hydrogen) atoms. The summed E-state index contributed by atoms with van der Waals surface area (Å²) in [5, 5.41) is 6.67. The zero-order chi connectivity index (χ0) is 13.8. The molecule has 0 radical (unpaired) electrons. The molecule has 0 bridgehead atoms. The van der Waals surface area contributed by atoms with Gasteiger partial charge in [-0.15, -0.1) is 0 Å². The number of hydrogen-bond donors (Lipinski definition) is 2. The zero-order valence-electron chi connectivity index (χ0n) is 12.7. The average molecular weight is 278 g/mol. The predicted octanol–water partition coefficient (Wildman–Crippen LogP) is 2.85. The lowest BCUT2D eigenvalue weighted by Gasteiger charge is -2.22. The fourth-order valence-electron chi connectivity index (χ4n) is 4.25. The van der Waals surface area contributed by atoms with Crippen molar-refractivity contribution in [2.75, 3.05) is 13.1 Å². The molecule has 2 aliphatic carbocycles. The van der Waals surface area contributed by atoms with Crippen molar-refractivity contribution in [1.29, 1.82) is 0 Å². The lowest BCUT2D eigenvalue weighted by molar-refractivity contribution is -0.121. The number of hydrogen-bond acceptors (Lipinski definition) is 2. The molecule has 3 fully saturated rings. The van der Waals surface area contributed by atoms with E-state index in [0.29, 0.717) is 11.9 Å². The van der Waals surface area contributed by atoms with Crippen LogP contribution in [-0.4, -0.2) is 25.0 Å². The van der Waals surface area contributed by atoms with Crippen LogP contribution >= 0.6 is 0 Å². The maximum atomic E-state index is 12.0. The molecule has 2 saturated carbocycles. The monoisotopic (exact) mass is 278 g/mol. The summed E-state index contributed by atoms with van der Waals surface area (Å²) in [5.74, 6) is 2.82. The van der Waals surface area contributed by atoms with Crippen LogP contribution in [-0.2, 0) is 4.79 Å². The highest BCUT2D eigenvalue weighted by Crippen LogP contribution is 2.44. The van der Waals surface area contributed by atoms with Crippen molar-refractivity contribution in [3.05, 3.63) is 0 Å². The summed E-state index contributed by atoms with van der Waals surface area (Å²) >= 11 is 0. The molecule has 0 spiro atoms. The van der Waals surface area contributed by atoms with Crippen LogP contribution in [0.25, 0.3) is 0 Å². The highest BCUT2D eigenvalue weighted by Gasteiger charge is 2.43. The first-order valence-corrected chi connectivity index (χ1v) is 8.83. The van der Waals surface area contributed by atoms with Crippen LogP contribution in [0.15, 0.2) is 0 Å². The van der Waals surface area contributed by atoms with Crippen LogP contribution < -0.4 is 10.6 Å². The Kier molecular flexibility index (Phi) is 4.98. The number of nitrogens with one attached hydrogen (secondary N) is 2. The van der Waals surface area contributed by atoms with E-state index in [9.17, 15) is 4.79 Å². The minimum atomic E-state index is 0.312. The van der Waals surface area contributed by atoms with Gasteiger partial charge in [0.2, 0.25) is 5.91 Å². The van der Waals surface area contributed by atoms with Crippen molar-refractivity contribution in [2.24, 2.45) is 17.8 Å². The Morgan fingerprint density at radius 1 is 1.05 bits per heavy atom. The highest BCUT2D eigenvalue weighted by atomic mass is 16.1. The molecule has 1 amide bonds. The van der Waals surface area contributed by atoms with Gasteiger partial charge in [0.1, 0.15) is 0 Å². The molecule has 0 aromatic rings. The van der Waals surface area contributed by atoms with Gasteiger partial charge in [-0.2, -0.15) is 0 Å². The summed E-state index contributed by atoms with van der Waals surface area (Å²) < 4.78 is 0. The van der Waals surface area contributed by atoms with Crippen molar-refractivity contribution >= 4 is 5.91 Å². The Morgan fingerprint density at radius 3 is 2.55 bits per heavy atom. The second-order valence-electron chi connectivity index (χ2n) is 7.20. The van der Waals surface area contributed by atoms with Gasteiger partial charge < -0.3 is 10.6 Å². The molecule has 3 aliphatic rings. The van der Waals surface area contributed by atoms with Crippen molar-refractivity contribution in [3.63, 3.8) is 0 Å². The van der Waals surface area contributed by atoms with E-state index in [1.54, 1.807) is 0 Å². The van der Waals surface area contributed by atoms with Gasteiger partial charge in [0.05, 0.1) is 0 Å². The molecular weight excluding hydrogens is 248 g/mol. The van der Waals surface area contributed by atoms with Crippen molar-refractivity contribution in [3.8, 4) is 0 Å². The van der Waals surface area contributed by atoms with Gasteiger partial charge >= 0.3 is 0 Å². The smallest absolute Gasteiger partial charge is 0.220 e. The van der Waals surface area contributed by atoms with Crippen molar-refractivity contribution in [2.45, 2.75) is 70.3 Å². The Hall–Kier alpha value is -0.570. The molecule has 3 rings (SSSR count). The second kappa shape index (κ2) is 6.93. The van der Waals surface area contributed by atoms with Crippen LogP contribution in [0.1, 0.15) is 64.2 Å². The van der Waals surface area contributed by atoms with Crippen LogP contribution in [0.3, 0.4) is 0 Å². The summed E-state index contributed by atoms with van der Waals surface area (Å²) in [7, 11) is 0. The molecule has 0 aromatic heterocycles. The van der Waals surface area contributed by atoms with E-state index in [1.807, 2.05) is 0 Å². The maximum Gasteiger partial charge on any atom is 0.220 e. The fraction of sp³-hybridized carbons (Fsp3) is 0.941. The van der Waals surface area contributed by atoms with Crippen LogP contribution in [0.5, 0.6) is 0 Å². The summed E-state index contributed by atoms with van der Waals surface area (Å²) in [6, 6.07) is 0.527. The number of amides is 1. The number of rotatable bonds is 5. The first-order chi connectivity index (χ1) is 9.83. The quantitative estimate of drug-likeness (QED) is 0.812. The lowest BCUT2D eigenvalue weighted by atomic mass is 9.85. The van der Waals surface area contributed by atoms with Crippen LogP contribution in [0, 0.1) is 17.8 Å². The minimum absolute atomic E-state index is 0.312. The molecule has 2 atom stereocenters. The Morgan fingerprint density at radius 2 is 1.80 bits per heavy atom. The third-order valence-electron chi connectivity index (χ3n) is 5.68. The van der Waals surface area contributed by atoms with Crippen molar-refractivity contribution < 1.29 is 4.79 Å². The number of piperidine rings is 1. The van der Waals surface area contributed by atoms with Crippen molar-refractivity contribution in [1.82, 2.24) is 10.6 Å². The molecule has 0 aromatic carbocycles. The Labute approximate surface area is 123 Å². The third kappa shape index (κ3) is 3.97. The molecule has 1 saturated heterocycles. The summed E-state index contributed by atoms with van der Waals surface area (Å²) in [6.45, 7) is 2.28. The Bertz CT molecular complexity index is 319. The van der Waals surface area contributed by atoms with E-state index in [-0.39, 0.29) is 0 Å². The van der Waals surface area contributed by atoms with Gasteiger partial charge in [-0.3, -0.25) is 4.79 Å². The molecule has 2 unspecified atom stereocenters. The maximum absolute atomic E-state index is 12.0. The molecule has 3 heteroatoms. The first kappa shape index (κ1) is 14.4. The molecule has 1 aliphatic heterocycles. The molecule has 1 heterocycles. The Balaban J connectivity index is 1.31. The van der Waals surface area contributed by atoms with E-state index in [0.717, 1.165) is 43.7 Å². The first-order valence-electron chi connectivity index (χ1n) is 8.83.